The van der Waals surface area contributed by atoms with Crippen LogP contribution in [0.25, 0.3) is 10.9 Å². The highest BCUT2D eigenvalue weighted by molar-refractivity contribution is 6.90. The minimum absolute atomic E-state index is 0.392. The molecule has 0 aliphatic heterocycles. The van der Waals surface area contributed by atoms with Gasteiger partial charge < -0.3 is 0 Å². The summed E-state index contributed by atoms with van der Waals surface area (Å²) in [7, 11) is -2.21. The molecule has 1 atom stereocenters. The molecule has 1 aromatic heterocycles. The van der Waals surface area contributed by atoms with Crippen LogP contribution in [-0.4, -0.2) is 22.6 Å². The Kier molecular flexibility index (Phi) is 7.38. The number of nitrogens with zero attached hydrogens (tertiary/aromatic N) is 1. The highest BCUT2D eigenvalue weighted by atomic mass is 28.3. The lowest BCUT2D eigenvalue weighted by molar-refractivity contribution is 1.04. The second kappa shape index (κ2) is 11.6. The Balaban J connectivity index is 1.55. The molecule has 1 unspecified atom stereocenters. The predicted molar refractivity (Wildman–Crippen MR) is 165 cm³/mol. The van der Waals surface area contributed by atoms with Crippen molar-refractivity contribution in [3.8, 4) is 0 Å². The van der Waals surface area contributed by atoms with E-state index < -0.39 is 17.6 Å². The van der Waals surface area contributed by atoms with Gasteiger partial charge in [-0.05, 0) is 35.3 Å². The molecule has 6 rings (SSSR count). The molecule has 3 heteroatoms. The van der Waals surface area contributed by atoms with Crippen molar-refractivity contribution in [1.82, 2.24) is 4.98 Å². The summed E-state index contributed by atoms with van der Waals surface area (Å²) in [6.07, 6.45) is 1.88. The van der Waals surface area contributed by atoms with E-state index >= 15 is 0 Å². The molecular weight excluding hydrogens is 491 g/mol. The van der Waals surface area contributed by atoms with Gasteiger partial charge in [0.15, 0.2) is 0 Å². The maximum Gasteiger partial charge on any atom is 0.128 e. The van der Waals surface area contributed by atoms with Crippen LogP contribution in [0.5, 0.6) is 0 Å². The number of hydrogen-bond donors (Lipinski definition) is 0. The zero-order chi connectivity index (χ0) is 25.6. The summed E-state index contributed by atoms with van der Waals surface area (Å²) in [5.74, 6) is 0. The van der Waals surface area contributed by atoms with Gasteiger partial charge in [-0.2, -0.15) is 0 Å². The van der Waals surface area contributed by atoms with E-state index in [9.17, 15) is 0 Å². The fourth-order valence-corrected chi connectivity index (χ4v) is 12.2. The van der Waals surface area contributed by atoms with E-state index in [0.717, 1.165) is 11.6 Å². The van der Waals surface area contributed by atoms with E-state index in [1.807, 2.05) is 12.3 Å². The Bertz CT molecular complexity index is 1510. The molecule has 1 nitrogen and oxygen atoms in total. The van der Waals surface area contributed by atoms with Crippen molar-refractivity contribution in [3.63, 3.8) is 0 Å². The molecule has 1 heterocycles. The first-order valence-corrected chi connectivity index (χ1v) is 16.4. The third kappa shape index (κ3) is 5.30. The maximum absolute atomic E-state index is 4.61. The zero-order valence-electron chi connectivity index (χ0n) is 21.2. The number of benzene rings is 5. The highest BCUT2D eigenvalue weighted by Crippen LogP contribution is 2.28. The van der Waals surface area contributed by atoms with E-state index in [-0.39, 0.29) is 0 Å². The van der Waals surface area contributed by atoms with Crippen LogP contribution in [0.2, 0.25) is 6.04 Å². The number of pyridine rings is 1. The lowest BCUT2D eigenvalue weighted by Crippen LogP contribution is -2.51. The minimum Gasteiger partial charge on any atom is -0.256 e. The monoisotopic (exact) mass is 519 g/mol. The standard InChI is InChI=1S/C35H29NSi2/c1-5-15-30(16-6-1)37(31-17-7-2-8-18-31)27-35(29-23-24-34-28(26-29)14-13-25-36-34)38(32-19-9-3-10-20-32)33-21-11-4-12-22-33/h1-26,35H,27H2. The number of fused-ring (bicyclic) bond motifs is 1. The number of rotatable bonds is 8. The summed E-state index contributed by atoms with van der Waals surface area (Å²) >= 11 is 0. The molecule has 182 valence electrons. The van der Waals surface area contributed by atoms with Crippen molar-refractivity contribution < 1.29 is 0 Å². The molecule has 0 aliphatic rings. The Hall–Kier alpha value is -4.06. The molecule has 0 saturated heterocycles. The molecule has 0 aliphatic carbocycles. The van der Waals surface area contributed by atoms with Crippen LogP contribution in [0.3, 0.4) is 0 Å². The fourth-order valence-electron chi connectivity index (χ4n) is 5.39. The van der Waals surface area contributed by atoms with Gasteiger partial charge in [0.2, 0.25) is 0 Å². The SMILES string of the molecule is c1ccc([Si](CC(c2ccc3ncccc3c2)[Si](c2ccccc2)c2ccccc2)c2ccccc2)cc1. The highest BCUT2D eigenvalue weighted by Gasteiger charge is 2.33. The molecule has 0 bridgehead atoms. The quantitative estimate of drug-likeness (QED) is 0.243. The molecule has 5 aromatic carbocycles. The third-order valence-electron chi connectivity index (χ3n) is 7.20. The molecular formula is C35H29NSi2. The van der Waals surface area contributed by atoms with Gasteiger partial charge in [0.25, 0.3) is 0 Å². The van der Waals surface area contributed by atoms with Crippen LogP contribution < -0.4 is 20.7 Å². The normalized spacial score (nSPS) is 12.2. The van der Waals surface area contributed by atoms with Gasteiger partial charge in [-0.3, -0.25) is 4.98 Å². The summed E-state index contributed by atoms with van der Waals surface area (Å²) in [6.45, 7) is 0. The van der Waals surface area contributed by atoms with Crippen LogP contribution in [0.4, 0.5) is 0 Å². The summed E-state index contributed by atoms with van der Waals surface area (Å²) in [4.78, 5) is 4.61. The van der Waals surface area contributed by atoms with Gasteiger partial charge in [-0.15, -0.1) is 0 Å². The van der Waals surface area contributed by atoms with Crippen molar-refractivity contribution >= 4 is 49.2 Å². The molecule has 2 radical (unpaired) electrons. The second-order valence-electron chi connectivity index (χ2n) is 9.57. The Morgan fingerprint density at radius 1 is 0.500 bits per heavy atom. The topological polar surface area (TPSA) is 12.9 Å². The molecule has 6 aromatic rings. The van der Waals surface area contributed by atoms with E-state index in [1.54, 1.807) is 0 Å². The second-order valence-corrected chi connectivity index (χ2v) is 14.8. The smallest absolute Gasteiger partial charge is 0.128 e. The average molecular weight is 520 g/mol. The van der Waals surface area contributed by atoms with Gasteiger partial charge >= 0.3 is 0 Å². The first kappa shape index (κ1) is 24.3. The van der Waals surface area contributed by atoms with Crippen LogP contribution >= 0.6 is 0 Å². The lowest BCUT2D eigenvalue weighted by Gasteiger charge is -2.30. The maximum atomic E-state index is 4.61. The molecule has 0 N–H and O–H groups in total. The van der Waals surface area contributed by atoms with E-state index in [1.165, 1.54) is 31.7 Å². The first-order valence-electron chi connectivity index (χ1n) is 13.2. The fraction of sp³-hybridized carbons (Fsp3) is 0.0571. The summed E-state index contributed by atoms with van der Waals surface area (Å²) in [5.41, 5.74) is 2.87. The zero-order valence-corrected chi connectivity index (χ0v) is 23.2. The predicted octanol–water partition coefficient (Wildman–Crippen LogP) is 5.48. The van der Waals surface area contributed by atoms with Crippen LogP contribution in [-0.2, 0) is 0 Å². The Labute approximate surface area is 228 Å². The molecule has 0 spiro atoms. The van der Waals surface area contributed by atoms with Crippen LogP contribution in [0.1, 0.15) is 11.1 Å². The van der Waals surface area contributed by atoms with Crippen molar-refractivity contribution in [2.75, 3.05) is 0 Å². The first-order chi connectivity index (χ1) is 18.9. The van der Waals surface area contributed by atoms with Crippen molar-refractivity contribution in [1.29, 1.82) is 0 Å². The summed E-state index contributed by atoms with van der Waals surface area (Å²) in [6, 6.07) is 57.1. The average Bonchev–Trinajstić information content (AvgIpc) is 3.01. The van der Waals surface area contributed by atoms with Crippen molar-refractivity contribution in [2.24, 2.45) is 0 Å². The van der Waals surface area contributed by atoms with Gasteiger partial charge in [-0.25, -0.2) is 0 Å². The lowest BCUT2D eigenvalue weighted by atomic mass is 10.1. The van der Waals surface area contributed by atoms with Gasteiger partial charge in [-0.1, -0.05) is 154 Å². The summed E-state index contributed by atoms with van der Waals surface area (Å²) in [5, 5.41) is 7.08. The van der Waals surface area contributed by atoms with Gasteiger partial charge in [0.05, 0.1) is 5.52 Å². The Morgan fingerprint density at radius 3 is 1.53 bits per heavy atom. The van der Waals surface area contributed by atoms with Gasteiger partial charge in [0, 0.05) is 11.6 Å². The Morgan fingerprint density at radius 2 is 1.00 bits per heavy atom. The van der Waals surface area contributed by atoms with E-state index in [2.05, 4.69) is 151 Å². The minimum atomic E-state index is -1.16. The van der Waals surface area contributed by atoms with Crippen LogP contribution in [0.15, 0.2) is 158 Å². The molecule has 0 fully saturated rings. The van der Waals surface area contributed by atoms with Crippen molar-refractivity contribution in [3.05, 3.63) is 163 Å². The van der Waals surface area contributed by atoms with E-state index in [4.69, 9.17) is 0 Å². The largest absolute Gasteiger partial charge is 0.256 e. The molecule has 38 heavy (non-hydrogen) atoms. The number of hydrogen-bond acceptors (Lipinski definition) is 1. The van der Waals surface area contributed by atoms with Crippen LogP contribution in [0, 0.1) is 0 Å². The third-order valence-corrected chi connectivity index (χ3v) is 13.6. The van der Waals surface area contributed by atoms with E-state index in [0.29, 0.717) is 5.54 Å². The number of aromatic nitrogens is 1. The van der Waals surface area contributed by atoms with Gasteiger partial charge in [0.1, 0.15) is 17.6 Å². The molecule has 0 amide bonds. The van der Waals surface area contributed by atoms with Crippen molar-refractivity contribution in [2.45, 2.75) is 11.6 Å². The molecule has 0 saturated carbocycles. The summed E-state index contributed by atoms with van der Waals surface area (Å²) < 4.78 is 0.